The van der Waals surface area contributed by atoms with Crippen LogP contribution in [0.5, 0.6) is 0 Å². The third-order valence-corrected chi connectivity index (χ3v) is 4.15. The van der Waals surface area contributed by atoms with Gasteiger partial charge < -0.3 is 0 Å². The predicted octanol–water partition coefficient (Wildman–Crippen LogP) is 4.73. The molecule has 2 aromatic rings. The van der Waals surface area contributed by atoms with Crippen LogP contribution in [0.25, 0.3) is 0 Å². The normalized spacial score (nSPS) is 10.5. The number of Topliss-reactive ketones (excluding diaryl/α,β-unsaturated/α-hetero) is 1. The lowest BCUT2D eigenvalue weighted by atomic mass is 10.0. The van der Waals surface area contributed by atoms with Crippen LogP contribution in [0.2, 0.25) is 5.02 Å². The molecule has 0 fully saturated rings. The predicted molar refractivity (Wildman–Crippen MR) is 71.5 cm³/mol. The minimum atomic E-state index is -0.444. The fraction of sp³-hybridized carbons (Fsp3) is 0.0833. The van der Waals surface area contributed by atoms with Crippen molar-refractivity contribution in [3.05, 3.63) is 55.4 Å². The van der Waals surface area contributed by atoms with Gasteiger partial charge in [-0.15, -0.1) is 11.3 Å². The number of ketones is 1. The molecule has 0 atom stereocenters. The number of rotatable bonds is 3. The van der Waals surface area contributed by atoms with E-state index in [4.69, 9.17) is 11.6 Å². The van der Waals surface area contributed by atoms with E-state index in [2.05, 4.69) is 15.9 Å². The highest BCUT2D eigenvalue weighted by Crippen LogP contribution is 2.24. The number of halogens is 3. The van der Waals surface area contributed by atoms with Crippen molar-refractivity contribution in [2.45, 2.75) is 6.42 Å². The van der Waals surface area contributed by atoms with Gasteiger partial charge in [-0.1, -0.05) is 17.7 Å². The van der Waals surface area contributed by atoms with Gasteiger partial charge in [-0.05, 0) is 34.1 Å². The summed E-state index contributed by atoms with van der Waals surface area (Å²) in [4.78, 5) is 11.9. The van der Waals surface area contributed by atoms with E-state index in [9.17, 15) is 9.18 Å². The Hall–Kier alpha value is -0.710. The van der Waals surface area contributed by atoms with E-state index in [0.29, 0.717) is 5.56 Å². The number of hydrogen-bond donors (Lipinski definition) is 0. The average Bonchev–Trinajstić information content (AvgIpc) is 2.70. The molecule has 5 heteroatoms. The Morgan fingerprint density at radius 3 is 2.82 bits per heavy atom. The number of thiophene rings is 1. The summed E-state index contributed by atoms with van der Waals surface area (Å²) >= 11 is 10.6. The first-order chi connectivity index (χ1) is 8.08. The maximum absolute atomic E-state index is 13.5. The second kappa shape index (κ2) is 5.29. The Morgan fingerprint density at radius 1 is 1.47 bits per heavy atom. The van der Waals surface area contributed by atoms with Crippen molar-refractivity contribution in [1.29, 1.82) is 0 Å². The molecule has 0 spiro atoms. The third kappa shape index (κ3) is 2.94. The molecule has 0 unspecified atom stereocenters. The Bertz CT molecular complexity index is 547. The molecule has 0 aliphatic carbocycles. The van der Waals surface area contributed by atoms with Crippen LogP contribution in [-0.2, 0) is 6.42 Å². The summed E-state index contributed by atoms with van der Waals surface area (Å²) in [6.45, 7) is 0. The highest BCUT2D eigenvalue weighted by atomic mass is 79.9. The minimum absolute atomic E-state index is 0.0192. The molecule has 0 saturated carbocycles. The molecule has 0 N–H and O–H groups in total. The van der Waals surface area contributed by atoms with Gasteiger partial charge in [0.15, 0.2) is 5.78 Å². The summed E-state index contributed by atoms with van der Waals surface area (Å²) in [7, 11) is 0. The van der Waals surface area contributed by atoms with E-state index in [1.54, 1.807) is 17.5 Å². The lowest BCUT2D eigenvalue weighted by molar-refractivity contribution is 0.0992. The van der Waals surface area contributed by atoms with E-state index in [1.165, 1.54) is 23.5 Å². The third-order valence-electron chi connectivity index (χ3n) is 2.29. The molecule has 1 nitrogen and oxygen atoms in total. The monoisotopic (exact) mass is 332 g/mol. The summed E-state index contributed by atoms with van der Waals surface area (Å²) in [5, 5.41) is 2.02. The number of carbonyl (C=O) groups is 1. The second-order valence-corrected chi connectivity index (χ2v) is 6.14. The zero-order chi connectivity index (χ0) is 12.4. The summed E-state index contributed by atoms with van der Waals surface area (Å²) in [5.41, 5.74) is 0.822. The molecule has 0 saturated heterocycles. The van der Waals surface area contributed by atoms with Crippen molar-refractivity contribution in [2.75, 3.05) is 0 Å². The largest absolute Gasteiger partial charge is 0.294 e. The first-order valence-corrected chi connectivity index (χ1v) is 6.83. The minimum Gasteiger partial charge on any atom is -0.294 e. The first kappa shape index (κ1) is 12.7. The average molecular weight is 334 g/mol. The van der Waals surface area contributed by atoms with Crippen LogP contribution in [0.3, 0.4) is 0 Å². The zero-order valence-corrected chi connectivity index (χ0v) is 11.7. The fourth-order valence-electron chi connectivity index (χ4n) is 1.42. The van der Waals surface area contributed by atoms with Gasteiger partial charge in [0.2, 0.25) is 0 Å². The Kier molecular flexibility index (Phi) is 3.97. The van der Waals surface area contributed by atoms with Crippen LogP contribution in [0, 0.1) is 5.82 Å². The maximum atomic E-state index is 13.5. The molecular formula is C12H7BrClFOS. The van der Waals surface area contributed by atoms with Gasteiger partial charge in [-0.25, -0.2) is 4.39 Å². The highest BCUT2D eigenvalue weighted by molar-refractivity contribution is 9.11. The lowest BCUT2D eigenvalue weighted by Gasteiger charge is -2.03. The molecular weight excluding hydrogens is 327 g/mol. The molecule has 0 amide bonds. The summed E-state index contributed by atoms with van der Waals surface area (Å²) < 4.78 is 14.4. The van der Waals surface area contributed by atoms with Crippen molar-refractivity contribution in [1.82, 2.24) is 0 Å². The van der Waals surface area contributed by atoms with Crippen LogP contribution in [0.1, 0.15) is 15.9 Å². The lowest BCUT2D eigenvalue weighted by Crippen LogP contribution is -2.04. The van der Waals surface area contributed by atoms with Gasteiger partial charge in [0, 0.05) is 28.0 Å². The zero-order valence-electron chi connectivity index (χ0n) is 8.54. The Balaban J connectivity index is 2.24. The van der Waals surface area contributed by atoms with Gasteiger partial charge in [-0.2, -0.15) is 0 Å². The van der Waals surface area contributed by atoms with Crippen LogP contribution in [0.15, 0.2) is 33.4 Å². The molecule has 88 valence electrons. The number of hydrogen-bond acceptors (Lipinski definition) is 2. The molecule has 1 heterocycles. The molecule has 0 aliphatic rings. The molecule has 0 bridgehead atoms. The van der Waals surface area contributed by atoms with Gasteiger partial charge in [0.05, 0.1) is 3.79 Å². The SMILES string of the molecule is O=C(Cc1c(F)cccc1Cl)c1csc(Br)c1. The Labute approximate surface area is 115 Å². The molecule has 17 heavy (non-hydrogen) atoms. The molecule has 0 aliphatic heterocycles. The van der Waals surface area contributed by atoms with Crippen LogP contribution < -0.4 is 0 Å². The van der Waals surface area contributed by atoms with Crippen molar-refractivity contribution >= 4 is 44.7 Å². The van der Waals surface area contributed by atoms with Gasteiger partial charge in [-0.3, -0.25) is 4.79 Å². The Morgan fingerprint density at radius 2 is 2.24 bits per heavy atom. The van der Waals surface area contributed by atoms with Crippen molar-refractivity contribution in [2.24, 2.45) is 0 Å². The topological polar surface area (TPSA) is 17.1 Å². The summed E-state index contributed by atoms with van der Waals surface area (Å²) in [6, 6.07) is 6.13. The van der Waals surface area contributed by atoms with Gasteiger partial charge >= 0.3 is 0 Å². The van der Waals surface area contributed by atoms with E-state index in [-0.39, 0.29) is 22.8 Å². The van der Waals surface area contributed by atoms with Gasteiger partial charge in [0.25, 0.3) is 0 Å². The van der Waals surface area contributed by atoms with Crippen molar-refractivity contribution in [3.8, 4) is 0 Å². The standard InChI is InChI=1S/C12H7BrClFOS/c13-12-4-7(6-17-12)11(16)5-8-9(14)2-1-3-10(8)15/h1-4,6H,5H2. The molecule has 0 radical (unpaired) electrons. The van der Waals surface area contributed by atoms with E-state index in [0.717, 1.165) is 3.79 Å². The van der Waals surface area contributed by atoms with E-state index < -0.39 is 5.82 Å². The molecule has 1 aromatic heterocycles. The number of carbonyl (C=O) groups excluding carboxylic acids is 1. The van der Waals surface area contributed by atoms with Crippen molar-refractivity contribution < 1.29 is 9.18 Å². The van der Waals surface area contributed by atoms with Crippen LogP contribution in [-0.4, -0.2) is 5.78 Å². The van der Waals surface area contributed by atoms with Crippen LogP contribution in [0.4, 0.5) is 4.39 Å². The van der Waals surface area contributed by atoms with Crippen LogP contribution >= 0.6 is 38.9 Å². The quantitative estimate of drug-likeness (QED) is 0.742. The van der Waals surface area contributed by atoms with Gasteiger partial charge in [0.1, 0.15) is 5.82 Å². The first-order valence-electron chi connectivity index (χ1n) is 4.78. The molecule has 1 aromatic carbocycles. The second-order valence-electron chi connectivity index (χ2n) is 3.44. The van der Waals surface area contributed by atoms with E-state index >= 15 is 0 Å². The maximum Gasteiger partial charge on any atom is 0.168 e. The fourth-order valence-corrected chi connectivity index (χ4v) is 2.81. The smallest absolute Gasteiger partial charge is 0.168 e. The summed E-state index contributed by atoms with van der Waals surface area (Å²) in [6.07, 6.45) is -0.0192. The highest BCUT2D eigenvalue weighted by Gasteiger charge is 2.14. The van der Waals surface area contributed by atoms with Crippen molar-refractivity contribution in [3.63, 3.8) is 0 Å². The van der Waals surface area contributed by atoms with E-state index in [1.807, 2.05) is 0 Å². The molecule has 2 rings (SSSR count). The summed E-state index contributed by atoms with van der Waals surface area (Å²) in [5.74, 6) is -0.584. The number of benzene rings is 1.